The Kier molecular flexibility index (Phi) is 1.90. The summed E-state index contributed by atoms with van der Waals surface area (Å²) in [7, 11) is 1.82. The van der Waals surface area contributed by atoms with E-state index in [1.165, 1.54) is 32.4 Å². The normalized spacial score (nSPS) is 37.9. The third-order valence-corrected chi connectivity index (χ3v) is 3.15. The van der Waals surface area contributed by atoms with Gasteiger partial charge in [0.1, 0.15) is 0 Å². The SMILES string of the molecule is COCC1(C2CC2)CCNC1. The summed E-state index contributed by atoms with van der Waals surface area (Å²) in [5, 5.41) is 3.44. The summed E-state index contributed by atoms with van der Waals surface area (Å²) in [4.78, 5) is 0. The monoisotopic (exact) mass is 155 g/mol. The first-order valence-corrected chi connectivity index (χ1v) is 4.57. The number of hydrogen-bond acceptors (Lipinski definition) is 2. The Bertz CT molecular complexity index is 136. The van der Waals surface area contributed by atoms with Gasteiger partial charge in [0.2, 0.25) is 0 Å². The van der Waals surface area contributed by atoms with Gasteiger partial charge >= 0.3 is 0 Å². The molecule has 0 spiro atoms. The molecule has 1 heterocycles. The minimum absolute atomic E-state index is 0.523. The van der Waals surface area contributed by atoms with Crippen molar-refractivity contribution in [3.8, 4) is 0 Å². The van der Waals surface area contributed by atoms with Gasteiger partial charge in [-0.05, 0) is 31.7 Å². The lowest BCUT2D eigenvalue weighted by molar-refractivity contribution is 0.0764. The lowest BCUT2D eigenvalue weighted by Crippen LogP contribution is -2.31. The van der Waals surface area contributed by atoms with Gasteiger partial charge in [0.25, 0.3) is 0 Å². The largest absolute Gasteiger partial charge is 0.384 e. The second-order valence-corrected chi connectivity index (χ2v) is 4.00. The van der Waals surface area contributed by atoms with Gasteiger partial charge in [0.05, 0.1) is 6.61 Å². The Labute approximate surface area is 68.3 Å². The number of methoxy groups -OCH3 is 1. The highest BCUT2D eigenvalue weighted by Crippen LogP contribution is 2.49. The van der Waals surface area contributed by atoms with Crippen molar-refractivity contribution >= 4 is 0 Å². The third kappa shape index (κ3) is 1.30. The van der Waals surface area contributed by atoms with E-state index in [2.05, 4.69) is 5.32 Å². The van der Waals surface area contributed by atoms with Crippen LogP contribution in [-0.4, -0.2) is 26.8 Å². The van der Waals surface area contributed by atoms with Gasteiger partial charge in [-0.2, -0.15) is 0 Å². The van der Waals surface area contributed by atoms with E-state index in [0.29, 0.717) is 5.41 Å². The summed E-state index contributed by atoms with van der Waals surface area (Å²) in [6, 6.07) is 0. The molecule has 1 aliphatic heterocycles. The van der Waals surface area contributed by atoms with E-state index in [1.807, 2.05) is 7.11 Å². The van der Waals surface area contributed by atoms with Crippen molar-refractivity contribution in [2.24, 2.45) is 11.3 Å². The molecule has 0 amide bonds. The van der Waals surface area contributed by atoms with Crippen LogP contribution in [0.3, 0.4) is 0 Å². The van der Waals surface area contributed by atoms with Crippen LogP contribution >= 0.6 is 0 Å². The maximum atomic E-state index is 5.29. The smallest absolute Gasteiger partial charge is 0.0533 e. The zero-order valence-electron chi connectivity index (χ0n) is 7.23. The van der Waals surface area contributed by atoms with E-state index >= 15 is 0 Å². The van der Waals surface area contributed by atoms with Crippen LogP contribution in [0.15, 0.2) is 0 Å². The second kappa shape index (κ2) is 2.76. The summed E-state index contributed by atoms with van der Waals surface area (Å²) in [5.74, 6) is 0.970. The summed E-state index contributed by atoms with van der Waals surface area (Å²) >= 11 is 0. The molecule has 2 nitrogen and oxygen atoms in total. The Hall–Kier alpha value is -0.0800. The van der Waals surface area contributed by atoms with Gasteiger partial charge in [-0.25, -0.2) is 0 Å². The van der Waals surface area contributed by atoms with Crippen LogP contribution in [0.5, 0.6) is 0 Å². The molecule has 1 atom stereocenters. The molecule has 1 N–H and O–H groups in total. The molecule has 2 aliphatic rings. The van der Waals surface area contributed by atoms with E-state index in [9.17, 15) is 0 Å². The molecule has 2 rings (SSSR count). The molecule has 1 saturated heterocycles. The molecule has 0 aromatic rings. The molecule has 0 aromatic carbocycles. The van der Waals surface area contributed by atoms with Gasteiger partial charge in [0.15, 0.2) is 0 Å². The Morgan fingerprint density at radius 3 is 2.82 bits per heavy atom. The van der Waals surface area contributed by atoms with Crippen LogP contribution in [0.4, 0.5) is 0 Å². The summed E-state index contributed by atoms with van der Waals surface area (Å²) in [6.07, 6.45) is 4.20. The summed E-state index contributed by atoms with van der Waals surface area (Å²) in [5.41, 5.74) is 0.523. The molecule has 64 valence electrons. The molecule has 1 saturated carbocycles. The van der Waals surface area contributed by atoms with E-state index in [1.54, 1.807) is 0 Å². The van der Waals surface area contributed by atoms with Crippen LogP contribution in [0, 0.1) is 11.3 Å². The quantitative estimate of drug-likeness (QED) is 0.657. The average Bonchev–Trinajstić information content (AvgIpc) is 2.76. The van der Waals surface area contributed by atoms with Gasteiger partial charge in [-0.1, -0.05) is 0 Å². The van der Waals surface area contributed by atoms with Gasteiger partial charge in [0, 0.05) is 19.1 Å². The predicted octanol–water partition coefficient (Wildman–Crippen LogP) is 1.02. The number of hydrogen-bond donors (Lipinski definition) is 1. The minimum atomic E-state index is 0.523. The fourth-order valence-electron chi connectivity index (χ4n) is 2.34. The van der Waals surface area contributed by atoms with E-state index in [-0.39, 0.29) is 0 Å². The number of ether oxygens (including phenoxy) is 1. The van der Waals surface area contributed by atoms with Gasteiger partial charge < -0.3 is 10.1 Å². The Morgan fingerprint density at radius 1 is 1.55 bits per heavy atom. The first kappa shape index (κ1) is 7.56. The lowest BCUT2D eigenvalue weighted by Gasteiger charge is -2.26. The molecular weight excluding hydrogens is 138 g/mol. The van der Waals surface area contributed by atoms with Crippen LogP contribution in [0.2, 0.25) is 0 Å². The van der Waals surface area contributed by atoms with Crippen molar-refractivity contribution in [2.45, 2.75) is 19.3 Å². The van der Waals surface area contributed by atoms with Crippen LogP contribution in [-0.2, 0) is 4.74 Å². The van der Waals surface area contributed by atoms with Crippen molar-refractivity contribution in [3.63, 3.8) is 0 Å². The highest BCUT2D eigenvalue weighted by molar-refractivity contribution is 4.98. The molecule has 1 aliphatic carbocycles. The maximum absolute atomic E-state index is 5.29. The molecule has 0 aromatic heterocycles. The van der Waals surface area contributed by atoms with Crippen molar-refractivity contribution in [3.05, 3.63) is 0 Å². The standard InChI is InChI=1S/C9H17NO/c1-11-7-9(8-2-3-8)4-5-10-6-9/h8,10H,2-7H2,1H3. The number of rotatable bonds is 3. The first-order chi connectivity index (χ1) is 5.37. The Balaban J connectivity index is 1.99. The molecule has 0 bridgehead atoms. The molecular formula is C9H17NO. The van der Waals surface area contributed by atoms with Crippen LogP contribution in [0.1, 0.15) is 19.3 Å². The van der Waals surface area contributed by atoms with Crippen molar-refractivity contribution < 1.29 is 4.74 Å². The fraction of sp³-hybridized carbons (Fsp3) is 1.00. The first-order valence-electron chi connectivity index (χ1n) is 4.57. The summed E-state index contributed by atoms with van der Waals surface area (Å²) < 4.78 is 5.29. The zero-order valence-corrected chi connectivity index (χ0v) is 7.23. The highest BCUT2D eigenvalue weighted by atomic mass is 16.5. The highest BCUT2D eigenvalue weighted by Gasteiger charge is 2.46. The predicted molar refractivity (Wildman–Crippen MR) is 44.5 cm³/mol. The average molecular weight is 155 g/mol. The second-order valence-electron chi connectivity index (χ2n) is 4.00. The van der Waals surface area contributed by atoms with Crippen LogP contribution < -0.4 is 5.32 Å². The van der Waals surface area contributed by atoms with Crippen molar-refractivity contribution in [2.75, 3.05) is 26.8 Å². The Morgan fingerprint density at radius 2 is 2.36 bits per heavy atom. The number of nitrogens with one attached hydrogen (secondary N) is 1. The maximum Gasteiger partial charge on any atom is 0.0533 e. The topological polar surface area (TPSA) is 21.3 Å². The molecule has 11 heavy (non-hydrogen) atoms. The zero-order chi connectivity index (χ0) is 7.73. The fourth-order valence-corrected chi connectivity index (χ4v) is 2.34. The minimum Gasteiger partial charge on any atom is -0.384 e. The molecule has 2 heteroatoms. The molecule has 1 unspecified atom stereocenters. The van der Waals surface area contributed by atoms with E-state index < -0.39 is 0 Å². The van der Waals surface area contributed by atoms with Gasteiger partial charge in [-0.15, -0.1) is 0 Å². The molecule has 0 radical (unpaired) electrons. The van der Waals surface area contributed by atoms with E-state index in [0.717, 1.165) is 12.5 Å². The van der Waals surface area contributed by atoms with Crippen molar-refractivity contribution in [1.82, 2.24) is 5.32 Å². The van der Waals surface area contributed by atoms with Gasteiger partial charge in [-0.3, -0.25) is 0 Å². The van der Waals surface area contributed by atoms with E-state index in [4.69, 9.17) is 4.74 Å². The van der Waals surface area contributed by atoms with Crippen molar-refractivity contribution in [1.29, 1.82) is 0 Å². The summed E-state index contributed by atoms with van der Waals surface area (Å²) in [6.45, 7) is 3.34. The third-order valence-electron chi connectivity index (χ3n) is 3.15. The van der Waals surface area contributed by atoms with Crippen LogP contribution in [0.25, 0.3) is 0 Å². The molecule has 2 fully saturated rings. The lowest BCUT2D eigenvalue weighted by atomic mass is 9.83.